The Morgan fingerprint density at radius 3 is 1.21 bits per heavy atom. The normalized spacial score (nSPS) is 12.1. The van der Waals surface area contributed by atoms with Gasteiger partial charge in [0.15, 0.2) is 5.69 Å². The van der Waals surface area contributed by atoms with Crippen molar-refractivity contribution in [3.05, 3.63) is 126 Å². The van der Waals surface area contributed by atoms with Crippen LogP contribution in [0.1, 0.15) is 26.3 Å². The molecule has 0 N–H and O–H groups in total. The van der Waals surface area contributed by atoms with E-state index in [1.54, 1.807) is 0 Å². The molecule has 0 spiro atoms. The van der Waals surface area contributed by atoms with Crippen LogP contribution in [0, 0.1) is 6.57 Å². The first-order valence-electron chi connectivity index (χ1n) is 13.0. The van der Waals surface area contributed by atoms with Gasteiger partial charge >= 0.3 is 0 Å². The summed E-state index contributed by atoms with van der Waals surface area (Å²) in [4.78, 5) is 4.04. The van der Waals surface area contributed by atoms with Crippen LogP contribution in [0.3, 0.4) is 0 Å². The molecule has 7 rings (SSSR count). The van der Waals surface area contributed by atoms with Gasteiger partial charge in [-0.05, 0) is 47.4 Å². The molecule has 0 aliphatic heterocycles. The van der Waals surface area contributed by atoms with Gasteiger partial charge in [0.2, 0.25) is 0 Å². The molecule has 0 saturated carbocycles. The zero-order chi connectivity index (χ0) is 26.0. The van der Waals surface area contributed by atoms with Crippen molar-refractivity contribution in [3.8, 4) is 11.4 Å². The van der Waals surface area contributed by atoms with Gasteiger partial charge in [0.1, 0.15) is 0 Å². The molecule has 2 aromatic heterocycles. The Kier molecular flexibility index (Phi) is 4.77. The summed E-state index contributed by atoms with van der Waals surface area (Å²) in [5.74, 6) is 0. The van der Waals surface area contributed by atoms with E-state index in [4.69, 9.17) is 6.57 Å². The van der Waals surface area contributed by atoms with Crippen molar-refractivity contribution in [2.75, 3.05) is 0 Å². The maximum absolute atomic E-state index is 8.13. The van der Waals surface area contributed by atoms with Gasteiger partial charge < -0.3 is 9.13 Å². The second kappa shape index (κ2) is 8.10. The zero-order valence-corrected chi connectivity index (χ0v) is 21.7. The number of fused-ring (bicyclic) bond motifs is 6. The third-order valence-corrected chi connectivity index (χ3v) is 7.66. The third-order valence-electron chi connectivity index (χ3n) is 7.66. The molecule has 38 heavy (non-hydrogen) atoms. The third kappa shape index (κ3) is 3.14. The van der Waals surface area contributed by atoms with Gasteiger partial charge in [-0.15, -0.1) is 0 Å². The van der Waals surface area contributed by atoms with Gasteiger partial charge in [0.05, 0.1) is 40.0 Å². The SMILES string of the molecule is [C-]#[N+]c1cc(-n2c3ccccc3c3ccccc32)c(-n2c3ccccc3c3ccccc32)cc1C(C)(C)C. The summed E-state index contributed by atoms with van der Waals surface area (Å²) in [5, 5.41) is 4.87. The highest BCUT2D eigenvalue weighted by molar-refractivity contribution is 6.11. The van der Waals surface area contributed by atoms with Gasteiger partial charge in [0.25, 0.3) is 0 Å². The van der Waals surface area contributed by atoms with E-state index in [-0.39, 0.29) is 5.41 Å². The van der Waals surface area contributed by atoms with E-state index in [1.165, 1.54) is 21.5 Å². The lowest BCUT2D eigenvalue weighted by atomic mass is 9.85. The van der Waals surface area contributed by atoms with Crippen LogP contribution in [0.5, 0.6) is 0 Å². The lowest BCUT2D eigenvalue weighted by molar-refractivity contribution is 0.592. The van der Waals surface area contributed by atoms with E-state index < -0.39 is 0 Å². The number of hydrogen-bond acceptors (Lipinski definition) is 0. The monoisotopic (exact) mass is 489 g/mol. The van der Waals surface area contributed by atoms with E-state index in [0.717, 1.165) is 39.0 Å². The molecular weight excluding hydrogens is 462 g/mol. The predicted octanol–water partition coefficient (Wildman–Crippen LogP) is 9.73. The molecule has 0 aliphatic carbocycles. The molecule has 0 saturated heterocycles. The van der Waals surface area contributed by atoms with Crippen LogP contribution >= 0.6 is 0 Å². The fraction of sp³-hybridized carbons (Fsp3) is 0.114. The minimum atomic E-state index is -0.188. The fourth-order valence-corrected chi connectivity index (χ4v) is 5.98. The summed E-state index contributed by atoms with van der Waals surface area (Å²) in [6, 6.07) is 38.7. The molecule has 3 nitrogen and oxygen atoms in total. The van der Waals surface area contributed by atoms with Crippen LogP contribution in [-0.4, -0.2) is 9.13 Å². The van der Waals surface area contributed by atoms with Crippen molar-refractivity contribution in [1.29, 1.82) is 0 Å². The van der Waals surface area contributed by atoms with Crippen LogP contribution in [0.15, 0.2) is 109 Å². The number of benzene rings is 5. The summed E-state index contributed by atoms with van der Waals surface area (Å²) in [6.45, 7) is 14.7. The molecular formula is C35H27N3. The van der Waals surface area contributed by atoms with Crippen molar-refractivity contribution < 1.29 is 0 Å². The smallest absolute Gasteiger partial charge is 0.193 e. The second-order valence-electron chi connectivity index (χ2n) is 11.0. The number of hydrogen-bond donors (Lipinski definition) is 0. The Labute approximate surface area is 222 Å². The minimum Gasteiger partial charge on any atom is -0.308 e. The Bertz CT molecular complexity index is 1970. The van der Waals surface area contributed by atoms with Crippen molar-refractivity contribution in [2.45, 2.75) is 26.2 Å². The van der Waals surface area contributed by atoms with Gasteiger partial charge in [0, 0.05) is 21.5 Å². The van der Waals surface area contributed by atoms with E-state index in [9.17, 15) is 0 Å². The van der Waals surface area contributed by atoms with E-state index >= 15 is 0 Å². The first-order valence-corrected chi connectivity index (χ1v) is 13.0. The Morgan fingerprint density at radius 1 is 0.526 bits per heavy atom. The highest BCUT2D eigenvalue weighted by Crippen LogP contribution is 2.42. The summed E-state index contributed by atoms with van der Waals surface area (Å²) >= 11 is 0. The topological polar surface area (TPSA) is 14.2 Å². The molecule has 0 aliphatic rings. The Balaban J connectivity index is 1.72. The number of rotatable bonds is 2. The molecule has 0 bridgehead atoms. The molecule has 0 radical (unpaired) electrons. The highest BCUT2D eigenvalue weighted by atomic mass is 15.1. The number of aromatic nitrogens is 2. The average molecular weight is 490 g/mol. The molecule has 7 aromatic rings. The molecule has 0 fully saturated rings. The largest absolute Gasteiger partial charge is 0.308 e. The van der Waals surface area contributed by atoms with E-state index in [2.05, 4.69) is 144 Å². The van der Waals surface area contributed by atoms with Crippen molar-refractivity contribution >= 4 is 49.3 Å². The first-order chi connectivity index (χ1) is 18.5. The molecule has 0 amide bonds. The van der Waals surface area contributed by atoms with Crippen molar-refractivity contribution in [1.82, 2.24) is 9.13 Å². The van der Waals surface area contributed by atoms with Gasteiger partial charge in [-0.25, -0.2) is 4.85 Å². The van der Waals surface area contributed by atoms with Crippen LogP contribution in [-0.2, 0) is 5.41 Å². The van der Waals surface area contributed by atoms with Crippen molar-refractivity contribution in [2.24, 2.45) is 0 Å². The molecule has 2 heterocycles. The lowest BCUT2D eigenvalue weighted by Gasteiger charge is -2.25. The lowest BCUT2D eigenvalue weighted by Crippen LogP contribution is -2.14. The summed E-state index contributed by atoms with van der Waals surface area (Å²) in [6.07, 6.45) is 0. The Hall–Kier alpha value is -4.81. The maximum Gasteiger partial charge on any atom is 0.193 e. The number of nitrogens with zero attached hydrogens (tertiary/aromatic N) is 3. The highest BCUT2D eigenvalue weighted by Gasteiger charge is 2.25. The van der Waals surface area contributed by atoms with Crippen LogP contribution in [0.4, 0.5) is 5.69 Å². The summed E-state index contributed by atoms with van der Waals surface area (Å²) in [7, 11) is 0. The first kappa shape index (κ1) is 22.4. The fourth-order valence-electron chi connectivity index (χ4n) is 5.98. The van der Waals surface area contributed by atoms with Gasteiger partial charge in [-0.2, -0.15) is 0 Å². The second-order valence-corrected chi connectivity index (χ2v) is 11.0. The minimum absolute atomic E-state index is 0.188. The zero-order valence-electron chi connectivity index (χ0n) is 21.7. The maximum atomic E-state index is 8.13. The summed E-state index contributed by atoms with van der Waals surface area (Å²) in [5.41, 5.74) is 8.22. The van der Waals surface area contributed by atoms with E-state index in [1.807, 2.05) is 0 Å². The molecule has 182 valence electrons. The molecule has 5 aromatic carbocycles. The van der Waals surface area contributed by atoms with Crippen LogP contribution in [0.25, 0.3) is 59.8 Å². The summed E-state index contributed by atoms with van der Waals surface area (Å²) < 4.78 is 4.72. The number of para-hydroxylation sites is 4. The standard InChI is InChI=1S/C35H27N3/c1-35(2,3)27-21-33(37-29-17-9-5-13-23(29)24-14-6-10-18-30(24)37)34(22-28(27)36-4)38-31-19-11-7-15-25(31)26-16-8-12-20-32(26)38/h5-22H,1-3H3. The predicted molar refractivity (Wildman–Crippen MR) is 160 cm³/mol. The van der Waals surface area contributed by atoms with Crippen molar-refractivity contribution in [3.63, 3.8) is 0 Å². The van der Waals surface area contributed by atoms with E-state index in [0.29, 0.717) is 5.69 Å². The van der Waals surface area contributed by atoms with Gasteiger partial charge in [-0.1, -0.05) is 93.6 Å². The average Bonchev–Trinajstić information content (AvgIpc) is 3.45. The molecule has 0 unspecified atom stereocenters. The van der Waals surface area contributed by atoms with Crippen LogP contribution in [0.2, 0.25) is 0 Å². The Morgan fingerprint density at radius 2 is 0.868 bits per heavy atom. The van der Waals surface area contributed by atoms with Gasteiger partial charge in [-0.3, -0.25) is 0 Å². The van der Waals surface area contributed by atoms with Crippen LogP contribution < -0.4 is 0 Å². The molecule has 0 atom stereocenters. The molecule has 3 heteroatoms. The quantitative estimate of drug-likeness (QED) is 0.215.